The van der Waals surface area contributed by atoms with Crippen molar-refractivity contribution in [2.45, 2.75) is 56.3 Å². The second-order valence-electron chi connectivity index (χ2n) is 7.86. The van der Waals surface area contributed by atoms with Crippen molar-refractivity contribution >= 4 is 28.6 Å². The van der Waals surface area contributed by atoms with Crippen LogP contribution >= 0.6 is 11.8 Å². The molecule has 1 heterocycles. The molecule has 1 fully saturated rings. The molecule has 30 heavy (non-hydrogen) atoms. The standard InChI is InChI=1S/C24H27N3O2S/c1-17(18-10-4-2-5-11-18)27-23(29)20-14-8-9-15-21(20)26-24(27)30-16-22(28)25-19-12-6-3-7-13-19/h2,4-5,8-11,14-15,17,19H,3,6-7,12-13,16H2,1H3,(H,25,28)/t17-/m1/s1. The van der Waals surface area contributed by atoms with Crippen molar-refractivity contribution in [1.29, 1.82) is 0 Å². The van der Waals surface area contributed by atoms with E-state index in [1.165, 1.54) is 31.0 Å². The number of benzene rings is 2. The summed E-state index contributed by atoms with van der Waals surface area (Å²) in [6.45, 7) is 2.00. The number of carbonyl (C=O) groups excluding carboxylic acids is 1. The van der Waals surface area contributed by atoms with Crippen LogP contribution in [0.15, 0.2) is 64.5 Å². The van der Waals surface area contributed by atoms with Gasteiger partial charge in [0.15, 0.2) is 5.16 Å². The number of fused-ring (bicyclic) bond motifs is 1. The van der Waals surface area contributed by atoms with Gasteiger partial charge in [0.2, 0.25) is 5.91 Å². The quantitative estimate of drug-likeness (QED) is 0.469. The molecule has 0 saturated heterocycles. The monoisotopic (exact) mass is 421 g/mol. The van der Waals surface area contributed by atoms with Gasteiger partial charge >= 0.3 is 0 Å². The lowest BCUT2D eigenvalue weighted by Gasteiger charge is -2.23. The highest BCUT2D eigenvalue weighted by Crippen LogP contribution is 2.25. The van der Waals surface area contributed by atoms with Crippen LogP contribution in [-0.2, 0) is 4.79 Å². The zero-order valence-electron chi connectivity index (χ0n) is 17.2. The minimum Gasteiger partial charge on any atom is -0.353 e. The highest BCUT2D eigenvalue weighted by atomic mass is 32.2. The minimum absolute atomic E-state index is 0.00761. The molecule has 1 aliphatic carbocycles. The molecule has 1 amide bonds. The molecule has 0 aliphatic heterocycles. The SMILES string of the molecule is C[C@H](c1ccccc1)n1c(SCC(=O)NC2CCCCC2)nc2ccccc2c1=O. The molecule has 1 atom stereocenters. The molecule has 0 unspecified atom stereocenters. The van der Waals surface area contributed by atoms with E-state index in [1.807, 2.05) is 61.5 Å². The van der Waals surface area contributed by atoms with Crippen LogP contribution in [0.2, 0.25) is 0 Å². The summed E-state index contributed by atoms with van der Waals surface area (Å²) in [7, 11) is 0. The van der Waals surface area contributed by atoms with Crippen LogP contribution in [0.4, 0.5) is 0 Å². The van der Waals surface area contributed by atoms with Crippen LogP contribution in [0.3, 0.4) is 0 Å². The molecule has 0 spiro atoms. The number of rotatable bonds is 6. The van der Waals surface area contributed by atoms with Gasteiger partial charge in [-0.1, -0.05) is 73.5 Å². The van der Waals surface area contributed by atoms with E-state index in [0.717, 1.165) is 18.4 Å². The van der Waals surface area contributed by atoms with Crippen LogP contribution in [0.25, 0.3) is 10.9 Å². The van der Waals surface area contributed by atoms with Gasteiger partial charge in [-0.2, -0.15) is 0 Å². The molecule has 1 saturated carbocycles. The molecule has 6 heteroatoms. The van der Waals surface area contributed by atoms with E-state index >= 15 is 0 Å². The fourth-order valence-electron chi connectivity index (χ4n) is 4.10. The molecule has 5 nitrogen and oxygen atoms in total. The average molecular weight is 422 g/mol. The van der Waals surface area contributed by atoms with E-state index in [1.54, 1.807) is 4.57 Å². The largest absolute Gasteiger partial charge is 0.353 e. The van der Waals surface area contributed by atoms with Gasteiger partial charge in [-0.3, -0.25) is 14.2 Å². The number of amides is 1. The second-order valence-corrected chi connectivity index (χ2v) is 8.81. The Morgan fingerprint density at radius 3 is 2.57 bits per heavy atom. The van der Waals surface area contributed by atoms with Crippen molar-refractivity contribution in [3.63, 3.8) is 0 Å². The second kappa shape index (κ2) is 9.47. The van der Waals surface area contributed by atoms with Crippen LogP contribution in [0, 0.1) is 0 Å². The maximum atomic E-state index is 13.3. The lowest BCUT2D eigenvalue weighted by molar-refractivity contribution is -0.119. The Hall–Kier alpha value is -2.60. The Balaban J connectivity index is 1.62. The van der Waals surface area contributed by atoms with Crippen molar-refractivity contribution in [3.8, 4) is 0 Å². The molecule has 0 bridgehead atoms. The summed E-state index contributed by atoms with van der Waals surface area (Å²) in [4.78, 5) is 30.6. The first-order chi connectivity index (χ1) is 14.6. The minimum atomic E-state index is -0.181. The molecule has 1 N–H and O–H groups in total. The third kappa shape index (κ3) is 4.59. The summed E-state index contributed by atoms with van der Waals surface area (Å²) in [5.41, 5.74) is 1.62. The van der Waals surface area contributed by atoms with E-state index in [0.29, 0.717) is 16.1 Å². The van der Waals surface area contributed by atoms with E-state index in [2.05, 4.69) is 5.32 Å². The number of hydrogen-bond acceptors (Lipinski definition) is 4. The summed E-state index contributed by atoms with van der Waals surface area (Å²) in [6.07, 6.45) is 5.73. The maximum Gasteiger partial charge on any atom is 0.262 e. The molecular weight excluding hydrogens is 394 g/mol. The first kappa shape index (κ1) is 20.7. The lowest BCUT2D eigenvalue weighted by Crippen LogP contribution is -2.37. The van der Waals surface area contributed by atoms with Crippen molar-refractivity contribution in [2.24, 2.45) is 0 Å². The Kier molecular flexibility index (Phi) is 6.53. The predicted octanol–water partition coefficient (Wildman–Crippen LogP) is 4.55. The van der Waals surface area contributed by atoms with Gasteiger partial charge in [0.25, 0.3) is 5.56 Å². The number of para-hydroxylation sites is 1. The van der Waals surface area contributed by atoms with E-state index < -0.39 is 0 Å². The molecule has 1 aliphatic rings. The van der Waals surface area contributed by atoms with Crippen molar-refractivity contribution in [2.75, 3.05) is 5.75 Å². The summed E-state index contributed by atoms with van der Waals surface area (Å²) in [6, 6.07) is 17.4. The molecule has 156 valence electrons. The lowest BCUT2D eigenvalue weighted by atomic mass is 9.95. The van der Waals surface area contributed by atoms with E-state index in [-0.39, 0.29) is 29.3 Å². The van der Waals surface area contributed by atoms with Crippen LogP contribution in [-0.4, -0.2) is 27.3 Å². The fraction of sp³-hybridized carbons (Fsp3) is 0.375. The van der Waals surface area contributed by atoms with Gasteiger partial charge < -0.3 is 5.32 Å². The normalized spacial score (nSPS) is 15.8. The number of aromatic nitrogens is 2. The van der Waals surface area contributed by atoms with Crippen LogP contribution in [0.5, 0.6) is 0 Å². The molecule has 3 aromatic rings. The Bertz CT molecular complexity index is 1070. The smallest absolute Gasteiger partial charge is 0.262 e. The van der Waals surface area contributed by atoms with Gasteiger partial charge in [0.05, 0.1) is 22.7 Å². The van der Waals surface area contributed by atoms with Gasteiger partial charge in [0.1, 0.15) is 0 Å². The van der Waals surface area contributed by atoms with Crippen molar-refractivity contribution < 1.29 is 4.79 Å². The van der Waals surface area contributed by atoms with Gasteiger partial charge in [0, 0.05) is 6.04 Å². The average Bonchev–Trinajstić information content (AvgIpc) is 2.79. The van der Waals surface area contributed by atoms with E-state index in [4.69, 9.17) is 4.98 Å². The zero-order valence-corrected chi connectivity index (χ0v) is 18.0. The first-order valence-corrected chi connectivity index (χ1v) is 11.6. The predicted molar refractivity (Wildman–Crippen MR) is 122 cm³/mol. The zero-order chi connectivity index (χ0) is 20.9. The first-order valence-electron chi connectivity index (χ1n) is 10.6. The van der Waals surface area contributed by atoms with Gasteiger partial charge in [-0.05, 0) is 37.5 Å². The Morgan fingerprint density at radius 2 is 1.80 bits per heavy atom. The highest BCUT2D eigenvalue weighted by Gasteiger charge is 2.20. The van der Waals surface area contributed by atoms with E-state index in [9.17, 15) is 9.59 Å². The summed E-state index contributed by atoms with van der Waals surface area (Å²) < 4.78 is 1.72. The van der Waals surface area contributed by atoms with Crippen molar-refractivity contribution in [3.05, 3.63) is 70.5 Å². The third-order valence-corrected chi connectivity index (χ3v) is 6.70. The molecule has 2 aromatic carbocycles. The number of hydrogen-bond donors (Lipinski definition) is 1. The van der Waals surface area contributed by atoms with Crippen LogP contribution in [0.1, 0.15) is 50.6 Å². The Morgan fingerprint density at radius 1 is 1.10 bits per heavy atom. The molecule has 4 rings (SSSR count). The maximum absolute atomic E-state index is 13.3. The highest BCUT2D eigenvalue weighted by molar-refractivity contribution is 7.99. The number of carbonyl (C=O) groups is 1. The summed E-state index contributed by atoms with van der Waals surface area (Å²) in [5.74, 6) is 0.260. The van der Waals surface area contributed by atoms with Crippen LogP contribution < -0.4 is 10.9 Å². The van der Waals surface area contributed by atoms with Crippen molar-refractivity contribution in [1.82, 2.24) is 14.9 Å². The fourth-order valence-corrected chi connectivity index (χ4v) is 4.98. The molecular formula is C24H27N3O2S. The summed E-state index contributed by atoms with van der Waals surface area (Å²) >= 11 is 1.34. The molecule has 0 radical (unpaired) electrons. The third-order valence-electron chi connectivity index (χ3n) is 5.75. The molecule has 1 aromatic heterocycles. The van der Waals surface area contributed by atoms with Gasteiger partial charge in [-0.15, -0.1) is 0 Å². The number of thioether (sulfide) groups is 1. The number of nitrogens with one attached hydrogen (secondary N) is 1. The topological polar surface area (TPSA) is 64.0 Å². The summed E-state index contributed by atoms with van der Waals surface area (Å²) in [5, 5.41) is 4.32. The van der Waals surface area contributed by atoms with Gasteiger partial charge in [-0.25, -0.2) is 4.98 Å². The number of nitrogens with zero attached hydrogens (tertiary/aromatic N) is 2. The Labute approximate surface area is 180 Å².